The van der Waals surface area contributed by atoms with Gasteiger partial charge in [-0.3, -0.25) is 9.69 Å². The summed E-state index contributed by atoms with van der Waals surface area (Å²) in [6, 6.07) is 4.58. The largest absolute Gasteiger partial charge is 0.350 e. The van der Waals surface area contributed by atoms with Crippen molar-refractivity contribution in [2.24, 2.45) is 0 Å². The van der Waals surface area contributed by atoms with E-state index in [9.17, 15) is 9.18 Å². The van der Waals surface area contributed by atoms with E-state index in [1.807, 2.05) is 22.6 Å². The molecule has 1 heterocycles. The lowest BCUT2D eigenvalue weighted by Gasteiger charge is -2.23. The number of likely N-dealkylation sites (tertiary alicyclic amines) is 1. The molecule has 0 radical (unpaired) electrons. The van der Waals surface area contributed by atoms with Crippen molar-refractivity contribution in [3.8, 4) is 0 Å². The van der Waals surface area contributed by atoms with E-state index in [4.69, 9.17) is 0 Å². The zero-order chi connectivity index (χ0) is 13.8. The molecular formula is C14H18FIN2O. The van der Waals surface area contributed by atoms with E-state index in [1.165, 1.54) is 31.0 Å². The average molecular weight is 376 g/mol. The molecule has 0 unspecified atom stereocenters. The Morgan fingerprint density at radius 2 is 2.16 bits per heavy atom. The molecule has 0 aromatic heterocycles. The van der Waals surface area contributed by atoms with Gasteiger partial charge in [-0.25, -0.2) is 4.39 Å². The summed E-state index contributed by atoms with van der Waals surface area (Å²) in [5, 5.41) is 2.93. The fourth-order valence-corrected chi connectivity index (χ4v) is 3.04. The van der Waals surface area contributed by atoms with Crippen molar-refractivity contribution >= 4 is 28.5 Å². The van der Waals surface area contributed by atoms with Gasteiger partial charge in [0, 0.05) is 16.2 Å². The predicted octanol–water partition coefficient (Wildman–Crippen LogP) is 2.64. The van der Waals surface area contributed by atoms with Gasteiger partial charge in [-0.05, 0) is 73.6 Å². The smallest absolute Gasteiger partial charge is 0.252 e. The maximum absolute atomic E-state index is 13.0. The number of carbonyl (C=O) groups is 1. The van der Waals surface area contributed by atoms with Crippen LogP contribution in [0.15, 0.2) is 18.2 Å². The van der Waals surface area contributed by atoms with Gasteiger partial charge in [0.1, 0.15) is 5.82 Å². The van der Waals surface area contributed by atoms with E-state index in [0.29, 0.717) is 21.7 Å². The summed E-state index contributed by atoms with van der Waals surface area (Å²) in [6.07, 6.45) is 2.49. The molecule has 1 fully saturated rings. The van der Waals surface area contributed by atoms with Gasteiger partial charge in [-0.15, -0.1) is 0 Å². The number of hydrogen-bond acceptors (Lipinski definition) is 2. The van der Waals surface area contributed by atoms with Crippen molar-refractivity contribution in [3.05, 3.63) is 33.1 Å². The summed E-state index contributed by atoms with van der Waals surface area (Å²) in [7, 11) is 0. The first kappa shape index (κ1) is 14.7. The molecule has 0 spiro atoms. The van der Waals surface area contributed by atoms with Crippen LogP contribution in [0.2, 0.25) is 0 Å². The van der Waals surface area contributed by atoms with Crippen LogP contribution in [0, 0.1) is 9.39 Å². The molecule has 5 heteroatoms. The summed E-state index contributed by atoms with van der Waals surface area (Å²) < 4.78 is 13.6. The minimum Gasteiger partial charge on any atom is -0.350 e. The number of amides is 1. The van der Waals surface area contributed by atoms with Crippen LogP contribution >= 0.6 is 22.6 Å². The quantitative estimate of drug-likeness (QED) is 0.820. The predicted molar refractivity (Wildman–Crippen MR) is 81.7 cm³/mol. The van der Waals surface area contributed by atoms with Gasteiger partial charge in [-0.2, -0.15) is 0 Å². The summed E-state index contributed by atoms with van der Waals surface area (Å²) >= 11 is 1.99. The highest BCUT2D eigenvalue weighted by atomic mass is 127. The van der Waals surface area contributed by atoms with E-state index < -0.39 is 0 Å². The highest BCUT2D eigenvalue weighted by Crippen LogP contribution is 2.14. The average Bonchev–Trinajstić information content (AvgIpc) is 2.89. The van der Waals surface area contributed by atoms with Gasteiger partial charge in [-0.1, -0.05) is 0 Å². The lowest BCUT2D eigenvalue weighted by Crippen LogP contribution is -2.40. The van der Waals surface area contributed by atoms with Crippen LogP contribution in [0.3, 0.4) is 0 Å². The minimum absolute atomic E-state index is 0.129. The van der Waals surface area contributed by atoms with Gasteiger partial charge >= 0.3 is 0 Å². The van der Waals surface area contributed by atoms with Gasteiger partial charge in [0.25, 0.3) is 5.91 Å². The Morgan fingerprint density at radius 3 is 2.79 bits per heavy atom. The first-order valence-corrected chi connectivity index (χ1v) is 7.63. The number of nitrogens with zero attached hydrogens (tertiary/aromatic N) is 1. The third-order valence-corrected chi connectivity index (χ3v) is 4.39. The summed E-state index contributed by atoms with van der Waals surface area (Å²) in [5.41, 5.74) is 0.538. The molecule has 1 aromatic rings. The number of hydrogen-bond donors (Lipinski definition) is 1. The molecule has 3 nitrogen and oxygen atoms in total. The third-order valence-electron chi connectivity index (χ3n) is 3.50. The van der Waals surface area contributed by atoms with Crippen molar-refractivity contribution in [3.63, 3.8) is 0 Å². The Balaban J connectivity index is 1.90. The van der Waals surface area contributed by atoms with E-state index in [-0.39, 0.29) is 11.7 Å². The first-order chi connectivity index (χ1) is 9.08. The maximum Gasteiger partial charge on any atom is 0.252 e. The number of halogens is 2. The molecule has 1 N–H and O–H groups in total. The van der Waals surface area contributed by atoms with Crippen LogP contribution in [-0.4, -0.2) is 36.5 Å². The Hall–Kier alpha value is -0.690. The molecular weight excluding hydrogens is 358 g/mol. The second-order valence-electron chi connectivity index (χ2n) is 4.93. The molecule has 0 bridgehead atoms. The van der Waals surface area contributed by atoms with Gasteiger partial charge in [0.05, 0.1) is 5.56 Å². The molecule has 104 valence electrons. The van der Waals surface area contributed by atoms with Crippen LogP contribution in [0.1, 0.15) is 30.1 Å². The summed E-state index contributed by atoms with van der Waals surface area (Å²) in [6.45, 7) is 4.99. The molecule has 19 heavy (non-hydrogen) atoms. The lowest BCUT2D eigenvalue weighted by molar-refractivity contribution is 0.0939. The van der Waals surface area contributed by atoms with Crippen molar-refractivity contribution in [2.45, 2.75) is 25.8 Å². The van der Waals surface area contributed by atoms with E-state index in [1.54, 1.807) is 0 Å². The van der Waals surface area contributed by atoms with Gasteiger partial charge in [0.15, 0.2) is 0 Å². The molecule has 1 aliphatic rings. The maximum atomic E-state index is 13.0. The Morgan fingerprint density at radius 1 is 1.47 bits per heavy atom. The molecule has 0 saturated carbocycles. The fraction of sp³-hybridized carbons (Fsp3) is 0.500. The second-order valence-corrected chi connectivity index (χ2v) is 6.09. The van der Waals surface area contributed by atoms with Gasteiger partial charge < -0.3 is 5.32 Å². The van der Waals surface area contributed by atoms with Crippen LogP contribution in [-0.2, 0) is 0 Å². The minimum atomic E-state index is -0.314. The summed E-state index contributed by atoms with van der Waals surface area (Å²) in [5.74, 6) is -0.443. The zero-order valence-electron chi connectivity index (χ0n) is 11.0. The molecule has 1 aromatic carbocycles. The lowest BCUT2D eigenvalue weighted by atomic mass is 10.2. The molecule has 1 saturated heterocycles. The first-order valence-electron chi connectivity index (χ1n) is 6.55. The second kappa shape index (κ2) is 6.65. The van der Waals surface area contributed by atoms with Crippen LogP contribution in [0.4, 0.5) is 4.39 Å². The number of benzene rings is 1. The standard InChI is InChI=1S/C14H18FIN2O/c1-10(18-6-2-3-7-18)9-17-14(19)12-5-4-11(15)8-13(12)16/h4-5,8,10H,2-3,6-7,9H2,1H3,(H,17,19)/t10-/m1/s1. The van der Waals surface area contributed by atoms with Crippen LogP contribution in [0.25, 0.3) is 0 Å². The Kier molecular flexibility index (Phi) is 5.15. The molecule has 1 atom stereocenters. The highest BCUT2D eigenvalue weighted by molar-refractivity contribution is 14.1. The van der Waals surface area contributed by atoms with Gasteiger partial charge in [0.2, 0.25) is 0 Å². The highest BCUT2D eigenvalue weighted by Gasteiger charge is 2.19. The number of nitrogens with one attached hydrogen (secondary N) is 1. The van der Waals surface area contributed by atoms with Crippen molar-refractivity contribution < 1.29 is 9.18 Å². The SMILES string of the molecule is C[C@H](CNC(=O)c1ccc(F)cc1I)N1CCCC1. The fourth-order valence-electron chi connectivity index (χ4n) is 2.32. The van der Waals surface area contributed by atoms with Crippen LogP contribution < -0.4 is 5.32 Å². The zero-order valence-corrected chi connectivity index (χ0v) is 13.1. The molecule has 0 aliphatic carbocycles. The Bertz CT molecular complexity index is 461. The molecule has 2 rings (SSSR count). The van der Waals surface area contributed by atoms with Crippen molar-refractivity contribution in [1.29, 1.82) is 0 Å². The van der Waals surface area contributed by atoms with Crippen molar-refractivity contribution in [2.75, 3.05) is 19.6 Å². The third kappa shape index (κ3) is 3.89. The van der Waals surface area contributed by atoms with Crippen molar-refractivity contribution in [1.82, 2.24) is 10.2 Å². The monoisotopic (exact) mass is 376 g/mol. The van der Waals surface area contributed by atoms with Crippen LogP contribution in [0.5, 0.6) is 0 Å². The molecule has 1 amide bonds. The topological polar surface area (TPSA) is 32.3 Å². The number of carbonyl (C=O) groups excluding carboxylic acids is 1. The van der Waals surface area contributed by atoms with E-state index in [2.05, 4.69) is 17.1 Å². The molecule has 1 aliphatic heterocycles. The Labute approximate surface area is 126 Å². The number of rotatable bonds is 4. The van der Waals surface area contributed by atoms with E-state index in [0.717, 1.165) is 13.1 Å². The normalized spacial score (nSPS) is 17.4. The van der Waals surface area contributed by atoms with E-state index >= 15 is 0 Å². The summed E-state index contributed by atoms with van der Waals surface area (Å²) in [4.78, 5) is 14.4.